The van der Waals surface area contributed by atoms with Crippen molar-refractivity contribution in [3.05, 3.63) is 59.7 Å². The molecule has 0 spiro atoms. The first kappa shape index (κ1) is 13.9. The summed E-state index contributed by atoms with van der Waals surface area (Å²) in [5.74, 6) is 0. The normalized spacial score (nSPS) is 15.6. The van der Waals surface area contributed by atoms with E-state index in [1.165, 1.54) is 43.6 Å². The van der Waals surface area contributed by atoms with Crippen LogP contribution in [0.5, 0.6) is 0 Å². The monoisotopic (exact) mass is 278 g/mol. The van der Waals surface area contributed by atoms with Crippen LogP contribution in [0, 0.1) is 6.92 Å². The molecule has 1 aliphatic heterocycles. The molecule has 0 unspecified atom stereocenters. The predicted octanol–water partition coefficient (Wildman–Crippen LogP) is 4.74. The Morgan fingerprint density at radius 1 is 0.857 bits per heavy atom. The van der Waals surface area contributed by atoms with E-state index in [0.29, 0.717) is 0 Å². The van der Waals surface area contributed by atoms with Crippen LogP contribution in [0.1, 0.15) is 30.4 Å². The Kier molecular flexibility index (Phi) is 4.34. The van der Waals surface area contributed by atoms with Crippen molar-refractivity contribution in [2.24, 2.45) is 4.99 Å². The third kappa shape index (κ3) is 3.72. The van der Waals surface area contributed by atoms with Crippen LogP contribution in [-0.2, 0) is 0 Å². The van der Waals surface area contributed by atoms with Crippen LogP contribution in [0.15, 0.2) is 53.5 Å². The third-order valence-electron chi connectivity index (χ3n) is 4.01. The summed E-state index contributed by atoms with van der Waals surface area (Å²) >= 11 is 0. The molecule has 108 valence electrons. The van der Waals surface area contributed by atoms with E-state index in [9.17, 15) is 0 Å². The Hall–Kier alpha value is -2.09. The summed E-state index contributed by atoms with van der Waals surface area (Å²) < 4.78 is 0. The van der Waals surface area contributed by atoms with Gasteiger partial charge in [-0.15, -0.1) is 0 Å². The highest BCUT2D eigenvalue weighted by atomic mass is 15.1. The number of hydrogen-bond donors (Lipinski definition) is 0. The Morgan fingerprint density at radius 3 is 2.19 bits per heavy atom. The second kappa shape index (κ2) is 6.57. The van der Waals surface area contributed by atoms with Crippen LogP contribution < -0.4 is 4.90 Å². The molecular weight excluding hydrogens is 256 g/mol. The summed E-state index contributed by atoms with van der Waals surface area (Å²) in [5.41, 5.74) is 4.75. The van der Waals surface area contributed by atoms with Gasteiger partial charge in [0.25, 0.3) is 0 Å². The van der Waals surface area contributed by atoms with Gasteiger partial charge in [0.2, 0.25) is 0 Å². The molecule has 0 N–H and O–H groups in total. The van der Waals surface area contributed by atoms with Crippen LogP contribution in [0.25, 0.3) is 0 Å². The number of aryl methyl sites for hydroxylation is 1. The molecule has 2 nitrogen and oxygen atoms in total. The largest absolute Gasteiger partial charge is 0.372 e. The van der Waals surface area contributed by atoms with Gasteiger partial charge in [-0.1, -0.05) is 29.8 Å². The highest BCUT2D eigenvalue weighted by Crippen LogP contribution is 2.20. The molecule has 1 fully saturated rings. The smallest absolute Gasteiger partial charge is 0.0630 e. The Labute approximate surface area is 127 Å². The van der Waals surface area contributed by atoms with E-state index in [1.807, 2.05) is 18.3 Å². The van der Waals surface area contributed by atoms with E-state index < -0.39 is 0 Å². The molecule has 1 saturated heterocycles. The number of rotatable bonds is 3. The molecular formula is C19H22N2. The fraction of sp³-hybridized carbons (Fsp3) is 0.316. The zero-order chi connectivity index (χ0) is 14.5. The highest BCUT2D eigenvalue weighted by molar-refractivity contribution is 5.82. The molecule has 21 heavy (non-hydrogen) atoms. The summed E-state index contributed by atoms with van der Waals surface area (Å²) in [6, 6.07) is 17.0. The number of hydrogen-bond acceptors (Lipinski definition) is 2. The average Bonchev–Trinajstić information content (AvgIpc) is 2.56. The van der Waals surface area contributed by atoms with E-state index in [-0.39, 0.29) is 0 Å². The minimum atomic E-state index is 1.00. The number of aliphatic imine (C=N–C) groups is 1. The van der Waals surface area contributed by atoms with Gasteiger partial charge in [0, 0.05) is 25.0 Å². The minimum absolute atomic E-state index is 1.00. The third-order valence-corrected chi connectivity index (χ3v) is 4.01. The topological polar surface area (TPSA) is 15.6 Å². The zero-order valence-electron chi connectivity index (χ0n) is 12.6. The lowest BCUT2D eigenvalue weighted by atomic mass is 10.1. The van der Waals surface area contributed by atoms with Gasteiger partial charge in [0.15, 0.2) is 0 Å². The number of anilines is 1. The van der Waals surface area contributed by atoms with Crippen molar-refractivity contribution in [1.29, 1.82) is 0 Å². The van der Waals surface area contributed by atoms with Gasteiger partial charge >= 0.3 is 0 Å². The van der Waals surface area contributed by atoms with Crippen molar-refractivity contribution in [3.63, 3.8) is 0 Å². The summed E-state index contributed by atoms with van der Waals surface area (Å²) in [4.78, 5) is 7.00. The molecule has 3 rings (SSSR count). The quantitative estimate of drug-likeness (QED) is 0.741. The van der Waals surface area contributed by atoms with Gasteiger partial charge < -0.3 is 4.90 Å². The van der Waals surface area contributed by atoms with Gasteiger partial charge in [-0.25, -0.2) is 0 Å². The number of piperidine rings is 1. The maximum absolute atomic E-state index is 4.52. The molecule has 0 atom stereocenters. The lowest BCUT2D eigenvalue weighted by Crippen LogP contribution is -2.29. The van der Waals surface area contributed by atoms with Gasteiger partial charge in [-0.2, -0.15) is 0 Å². The molecule has 0 aliphatic carbocycles. The molecule has 2 aromatic rings. The lowest BCUT2D eigenvalue weighted by molar-refractivity contribution is 0.578. The van der Waals surface area contributed by atoms with Crippen molar-refractivity contribution in [2.75, 3.05) is 18.0 Å². The fourth-order valence-electron chi connectivity index (χ4n) is 2.70. The predicted molar refractivity (Wildman–Crippen MR) is 90.9 cm³/mol. The Balaban J connectivity index is 1.67. The first-order valence-corrected chi connectivity index (χ1v) is 7.77. The van der Waals surface area contributed by atoms with E-state index >= 15 is 0 Å². The van der Waals surface area contributed by atoms with E-state index in [1.54, 1.807) is 0 Å². The van der Waals surface area contributed by atoms with Crippen molar-refractivity contribution in [1.82, 2.24) is 0 Å². The molecule has 0 aromatic heterocycles. The second-order valence-electron chi connectivity index (χ2n) is 5.73. The molecule has 0 saturated carbocycles. The van der Waals surface area contributed by atoms with Crippen molar-refractivity contribution in [3.8, 4) is 0 Å². The highest BCUT2D eigenvalue weighted by Gasteiger charge is 2.09. The van der Waals surface area contributed by atoms with E-state index in [2.05, 4.69) is 53.2 Å². The summed E-state index contributed by atoms with van der Waals surface area (Å²) in [6.07, 6.45) is 5.94. The maximum Gasteiger partial charge on any atom is 0.0630 e. The number of nitrogens with zero attached hydrogens (tertiary/aromatic N) is 2. The van der Waals surface area contributed by atoms with E-state index in [4.69, 9.17) is 0 Å². The first-order chi connectivity index (χ1) is 10.3. The zero-order valence-corrected chi connectivity index (χ0v) is 12.6. The lowest BCUT2D eigenvalue weighted by Gasteiger charge is -2.28. The van der Waals surface area contributed by atoms with Crippen LogP contribution in [0.2, 0.25) is 0 Å². The Morgan fingerprint density at radius 2 is 1.52 bits per heavy atom. The van der Waals surface area contributed by atoms with Gasteiger partial charge in [0.1, 0.15) is 0 Å². The van der Waals surface area contributed by atoms with Crippen LogP contribution >= 0.6 is 0 Å². The average molecular weight is 278 g/mol. The number of benzene rings is 2. The summed E-state index contributed by atoms with van der Waals surface area (Å²) in [5, 5.41) is 0. The Bertz CT molecular complexity index is 590. The molecule has 2 heteroatoms. The molecule has 0 radical (unpaired) electrons. The molecule has 0 amide bonds. The van der Waals surface area contributed by atoms with Crippen LogP contribution in [-0.4, -0.2) is 19.3 Å². The molecule has 1 aliphatic rings. The second-order valence-corrected chi connectivity index (χ2v) is 5.73. The summed E-state index contributed by atoms with van der Waals surface area (Å²) in [7, 11) is 0. The minimum Gasteiger partial charge on any atom is -0.372 e. The molecule has 2 aromatic carbocycles. The van der Waals surface area contributed by atoms with Gasteiger partial charge in [-0.05, 0) is 56.0 Å². The molecule has 0 bridgehead atoms. The van der Waals surface area contributed by atoms with Crippen molar-refractivity contribution in [2.45, 2.75) is 26.2 Å². The van der Waals surface area contributed by atoms with Crippen LogP contribution in [0.4, 0.5) is 11.4 Å². The molecule has 1 heterocycles. The maximum atomic E-state index is 4.52. The van der Waals surface area contributed by atoms with Crippen molar-refractivity contribution < 1.29 is 0 Å². The van der Waals surface area contributed by atoms with Crippen LogP contribution in [0.3, 0.4) is 0 Å². The van der Waals surface area contributed by atoms with Crippen molar-refractivity contribution >= 4 is 17.6 Å². The summed E-state index contributed by atoms with van der Waals surface area (Å²) in [6.45, 7) is 4.47. The van der Waals surface area contributed by atoms with Gasteiger partial charge in [-0.3, -0.25) is 4.99 Å². The van der Waals surface area contributed by atoms with Gasteiger partial charge in [0.05, 0.1) is 5.69 Å². The SMILES string of the molecule is Cc1ccc(N=Cc2ccc(N3CCCCC3)cc2)cc1. The first-order valence-electron chi connectivity index (χ1n) is 7.77. The standard InChI is InChI=1S/C19H22N2/c1-16-5-9-18(10-6-16)20-15-17-7-11-19(12-8-17)21-13-3-2-4-14-21/h5-12,15H,2-4,13-14H2,1H3. The van der Waals surface area contributed by atoms with E-state index in [0.717, 1.165) is 11.3 Å². The fourth-order valence-corrected chi connectivity index (χ4v) is 2.70.